The first kappa shape index (κ1) is 20.9. The van der Waals surface area contributed by atoms with Crippen LogP contribution in [-0.2, 0) is 11.3 Å². The smallest absolute Gasteiger partial charge is 0.279 e. The molecule has 0 heterocycles. The molecule has 8 nitrogen and oxygen atoms in total. The summed E-state index contributed by atoms with van der Waals surface area (Å²) in [6.07, 6.45) is 1.68. The van der Waals surface area contributed by atoms with Crippen LogP contribution in [0, 0.1) is 10.1 Å². The van der Waals surface area contributed by atoms with Gasteiger partial charge in [0, 0.05) is 17.7 Å². The molecule has 0 aromatic heterocycles. The molecule has 0 radical (unpaired) electrons. The first-order chi connectivity index (χ1) is 13.4. The van der Waals surface area contributed by atoms with Gasteiger partial charge in [-0.3, -0.25) is 14.9 Å². The summed E-state index contributed by atoms with van der Waals surface area (Å²) in [5, 5.41) is 13.6. The Morgan fingerprint density at radius 1 is 1.29 bits per heavy atom. The normalized spacial score (nSPS) is 11.4. The number of benzene rings is 2. The molecule has 1 atom stereocenters. The van der Waals surface area contributed by atoms with E-state index in [0.717, 1.165) is 16.2 Å². The minimum Gasteiger partial charge on any atom is -0.495 e. The van der Waals surface area contributed by atoms with Gasteiger partial charge in [0.1, 0.15) is 24.7 Å². The van der Waals surface area contributed by atoms with Crippen molar-refractivity contribution < 1.29 is 24.1 Å². The minimum atomic E-state index is -0.519. The number of non-ortho nitro benzene ring substituents is 1. The molecule has 148 valence electrons. The highest BCUT2D eigenvalue weighted by Gasteiger charge is 2.16. The number of nitro groups is 1. The number of ether oxygens (including phenoxy) is 2. The lowest BCUT2D eigenvalue weighted by Crippen LogP contribution is -3.08. The standard InChI is InChI=1S/C20H23N3O5/c1-4-11-28-17-8-5-15(6-9-17)13-22(2)14-20(24)21-18-12-16(23(25)26)7-10-19(18)27-3/h4-10,12H,1,11,13-14H2,2-3H3,(H,21,24)/p+1. The van der Waals surface area contributed by atoms with Gasteiger partial charge in [-0.1, -0.05) is 12.7 Å². The Morgan fingerprint density at radius 3 is 2.61 bits per heavy atom. The summed E-state index contributed by atoms with van der Waals surface area (Å²) < 4.78 is 10.6. The number of hydrogen-bond donors (Lipinski definition) is 2. The average molecular weight is 386 g/mol. The molecule has 1 amide bonds. The highest BCUT2D eigenvalue weighted by atomic mass is 16.6. The van der Waals surface area contributed by atoms with E-state index in [1.54, 1.807) is 6.08 Å². The predicted molar refractivity (Wildman–Crippen MR) is 106 cm³/mol. The van der Waals surface area contributed by atoms with Crippen LogP contribution in [0.2, 0.25) is 0 Å². The van der Waals surface area contributed by atoms with E-state index in [0.29, 0.717) is 18.9 Å². The lowest BCUT2D eigenvalue weighted by atomic mass is 10.2. The number of amides is 1. The van der Waals surface area contributed by atoms with E-state index in [1.165, 1.54) is 25.3 Å². The molecule has 2 N–H and O–H groups in total. The fraction of sp³-hybridized carbons (Fsp3) is 0.250. The number of hydrogen-bond acceptors (Lipinski definition) is 5. The maximum absolute atomic E-state index is 12.3. The van der Waals surface area contributed by atoms with Gasteiger partial charge in [-0.15, -0.1) is 0 Å². The van der Waals surface area contributed by atoms with Crippen LogP contribution in [0.5, 0.6) is 11.5 Å². The maximum Gasteiger partial charge on any atom is 0.279 e. The van der Waals surface area contributed by atoms with Crippen molar-refractivity contribution in [1.29, 1.82) is 0 Å². The molecule has 0 aliphatic carbocycles. The molecule has 28 heavy (non-hydrogen) atoms. The van der Waals surface area contributed by atoms with Crippen molar-refractivity contribution in [3.05, 3.63) is 70.8 Å². The van der Waals surface area contributed by atoms with Crippen LogP contribution in [0.1, 0.15) is 5.56 Å². The third-order valence-corrected chi connectivity index (χ3v) is 3.93. The minimum absolute atomic E-state index is 0.115. The number of likely N-dealkylation sites (N-methyl/N-ethyl adjacent to an activating group) is 1. The van der Waals surface area contributed by atoms with Crippen molar-refractivity contribution in [3.8, 4) is 11.5 Å². The molecule has 2 aromatic carbocycles. The van der Waals surface area contributed by atoms with Gasteiger partial charge < -0.3 is 19.7 Å². The fourth-order valence-electron chi connectivity index (χ4n) is 2.65. The van der Waals surface area contributed by atoms with Gasteiger partial charge >= 0.3 is 0 Å². The van der Waals surface area contributed by atoms with Gasteiger partial charge in [0.05, 0.1) is 24.8 Å². The monoisotopic (exact) mass is 386 g/mol. The van der Waals surface area contributed by atoms with Gasteiger partial charge in [-0.05, 0) is 30.3 Å². The molecule has 2 aromatic rings. The third-order valence-electron chi connectivity index (χ3n) is 3.93. The van der Waals surface area contributed by atoms with Gasteiger partial charge in [0.15, 0.2) is 6.54 Å². The summed E-state index contributed by atoms with van der Waals surface area (Å²) in [5.41, 5.74) is 1.22. The van der Waals surface area contributed by atoms with Crippen molar-refractivity contribution >= 4 is 17.3 Å². The molecule has 0 saturated heterocycles. The van der Waals surface area contributed by atoms with Gasteiger partial charge in [-0.2, -0.15) is 0 Å². The number of quaternary nitrogens is 1. The topological polar surface area (TPSA) is 95.1 Å². The van der Waals surface area contributed by atoms with E-state index in [-0.39, 0.29) is 23.8 Å². The second kappa shape index (κ2) is 10.1. The number of rotatable bonds is 10. The summed E-state index contributed by atoms with van der Waals surface area (Å²) in [6.45, 7) is 4.89. The van der Waals surface area contributed by atoms with Crippen LogP contribution in [0.4, 0.5) is 11.4 Å². The van der Waals surface area contributed by atoms with E-state index >= 15 is 0 Å². The molecular formula is C20H24N3O5+. The van der Waals surface area contributed by atoms with Gasteiger partial charge in [-0.25, -0.2) is 0 Å². The van der Waals surface area contributed by atoms with Crippen molar-refractivity contribution in [2.45, 2.75) is 6.54 Å². The fourth-order valence-corrected chi connectivity index (χ4v) is 2.65. The lowest BCUT2D eigenvalue weighted by Gasteiger charge is -2.15. The first-order valence-corrected chi connectivity index (χ1v) is 8.69. The molecule has 0 aliphatic heterocycles. The summed E-state index contributed by atoms with van der Waals surface area (Å²) in [7, 11) is 3.34. The molecule has 0 aliphatic rings. The Hall–Kier alpha value is -3.39. The van der Waals surface area contributed by atoms with Crippen LogP contribution < -0.4 is 19.7 Å². The Bertz CT molecular complexity index is 836. The number of carbonyl (C=O) groups is 1. The van der Waals surface area contributed by atoms with Crippen LogP contribution >= 0.6 is 0 Å². The number of anilines is 1. The highest BCUT2D eigenvalue weighted by molar-refractivity contribution is 5.93. The van der Waals surface area contributed by atoms with E-state index in [2.05, 4.69) is 11.9 Å². The van der Waals surface area contributed by atoms with E-state index < -0.39 is 4.92 Å². The highest BCUT2D eigenvalue weighted by Crippen LogP contribution is 2.28. The third kappa shape index (κ3) is 6.10. The first-order valence-electron chi connectivity index (χ1n) is 8.69. The second-order valence-electron chi connectivity index (χ2n) is 6.24. The molecule has 0 fully saturated rings. The Kier molecular flexibility index (Phi) is 7.53. The zero-order chi connectivity index (χ0) is 20.5. The van der Waals surface area contributed by atoms with Crippen LogP contribution in [0.3, 0.4) is 0 Å². The number of nitro benzene ring substituents is 1. The average Bonchev–Trinajstić information content (AvgIpc) is 2.67. The van der Waals surface area contributed by atoms with Gasteiger partial charge in [0.2, 0.25) is 0 Å². The molecule has 1 unspecified atom stereocenters. The Labute approximate surface area is 163 Å². The van der Waals surface area contributed by atoms with Crippen LogP contribution in [0.25, 0.3) is 0 Å². The Morgan fingerprint density at radius 2 is 2.00 bits per heavy atom. The van der Waals surface area contributed by atoms with E-state index in [1.807, 2.05) is 31.3 Å². The SMILES string of the molecule is C=CCOc1ccc(C[NH+](C)CC(=O)Nc2cc([N+](=O)[O-])ccc2OC)cc1. The number of carbonyl (C=O) groups excluding carboxylic acids is 1. The number of nitrogens with zero attached hydrogens (tertiary/aromatic N) is 1. The molecule has 0 saturated carbocycles. The van der Waals surface area contributed by atoms with Crippen molar-refractivity contribution in [3.63, 3.8) is 0 Å². The zero-order valence-electron chi connectivity index (χ0n) is 15.9. The largest absolute Gasteiger partial charge is 0.495 e. The second-order valence-corrected chi connectivity index (χ2v) is 6.24. The van der Waals surface area contributed by atoms with Crippen molar-refractivity contribution in [2.24, 2.45) is 0 Å². The van der Waals surface area contributed by atoms with E-state index in [9.17, 15) is 14.9 Å². The molecular weight excluding hydrogens is 362 g/mol. The maximum atomic E-state index is 12.3. The summed E-state index contributed by atoms with van der Waals surface area (Å²) in [6, 6.07) is 11.7. The van der Waals surface area contributed by atoms with Gasteiger partial charge in [0.25, 0.3) is 11.6 Å². The quantitative estimate of drug-likeness (QED) is 0.369. The molecule has 0 spiro atoms. The summed E-state index contributed by atoms with van der Waals surface area (Å²) in [5.74, 6) is 0.866. The summed E-state index contributed by atoms with van der Waals surface area (Å²) in [4.78, 5) is 23.7. The predicted octanol–water partition coefficient (Wildman–Crippen LogP) is 1.82. The molecule has 0 bridgehead atoms. The van der Waals surface area contributed by atoms with Crippen molar-refractivity contribution in [1.82, 2.24) is 0 Å². The van der Waals surface area contributed by atoms with Crippen LogP contribution in [-0.4, -0.2) is 38.1 Å². The van der Waals surface area contributed by atoms with E-state index in [4.69, 9.17) is 9.47 Å². The summed E-state index contributed by atoms with van der Waals surface area (Å²) >= 11 is 0. The Balaban J connectivity index is 1.94. The zero-order valence-corrected chi connectivity index (χ0v) is 15.9. The van der Waals surface area contributed by atoms with Crippen molar-refractivity contribution in [2.75, 3.05) is 32.6 Å². The number of nitrogens with one attached hydrogen (secondary N) is 2. The number of methoxy groups -OCH3 is 1. The lowest BCUT2D eigenvalue weighted by molar-refractivity contribution is -0.885. The van der Waals surface area contributed by atoms with Crippen LogP contribution in [0.15, 0.2) is 55.1 Å². The molecule has 8 heteroatoms. The molecule has 2 rings (SSSR count).